The van der Waals surface area contributed by atoms with Gasteiger partial charge in [-0.1, -0.05) is 5.22 Å². The minimum atomic E-state index is -0.958. The Bertz CT molecular complexity index is 178. The minimum absolute atomic E-state index is 0.162. The summed E-state index contributed by atoms with van der Waals surface area (Å²) in [5, 5.41) is 6.30. The van der Waals surface area contributed by atoms with Gasteiger partial charge in [-0.3, -0.25) is 4.79 Å². The molecule has 0 aromatic carbocycles. The van der Waals surface area contributed by atoms with Crippen LogP contribution in [0.25, 0.3) is 0 Å². The van der Waals surface area contributed by atoms with E-state index in [1.807, 2.05) is 5.43 Å². The van der Waals surface area contributed by atoms with E-state index in [9.17, 15) is 9.59 Å². The van der Waals surface area contributed by atoms with Crippen LogP contribution in [0, 0.1) is 0 Å². The number of hydrogen-bond donors (Lipinski definition) is 1. The highest BCUT2D eigenvalue weighted by atomic mass is 16.5. The van der Waals surface area contributed by atoms with E-state index in [0.29, 0.717) is 0 Å². The van der Waals surface area contributed by atoms with Crippen molar-refractivity contribution in [1.82, 2.24) is 5.43 Å². The van der Waals surface area contributed by atoms with Gasteiger partial charge in [-0.15, -0.1) is 0 Å². The van der Waals surface area contributed by atoms with E-state index in [1.165, 1.54) is 7.05 Å². The van der Waals surface area contributed by atoms with Gasteiger partial charge in [0.1, 0.15) is 0 Å². The largest absolute Gasteiger partial charge is 0.459 e. The highest BCUT2D eigenvalue weighted by molar-refractivity contribution is 6.32. The predicted molar refractivity (Wildman–Crippen MR) is 35.6 cm³/mol. The van der Waals surface area contributed by atoms with Crippen molar-refractivity contribution in [3.05, 3.63) is 0 Å². The summed E-state index contributed by atoms with van der Waals surface area (Å²) in [6.45, 7) is 1.77. The van der Waals surface area contributed by atoms with Crippen molar-refractivity contribution >= 4 is 11.9 Å². The summed E-state index contributed by atoms with van der Waals surface area (Å²) < 4.78 is 4.35. The third kappa shape index (κ3) is 4.01. The molecule has 62 valence electrons. The summed E-state index contributed by atoms with van der Waals surface area (Å²) in [5.41, 5.74) is 1.86. The maximum atomic E-state index is 10.6. The first-order valence-electron chi connectivity index (χ1n) is 2.98. The van der Waals surface area contributed by atoms with E-state index < -0.39 is 11.9 Å². The highest BCUT2D eigenvalue weighted by Crippen LogP contribution is 1.77. The number of nitrogens with zero attached hydrogens (tertiary/aromatic N) is 2. The summed E-state index contributed by atoms with van der Waals surface area (Å²) in [6, 6.07) is 0. The molecule has 0 unspecified atom stereocenters. The normalized spacial score (nSPS) is 9.64. The van der Waals surface area contributed by atoms with E-state index in [1.54, 1.807) is 6.92 Å². The molecule has 6 nitrogen and oxygen atoms in total. The number of carbonyl (C=O) groups excluding carboxylic acids is 2. The molecule has 1 amide bonds. The quantitative estimate of drug-likeness (QED) is 0.259. The zero-order valence-corrected chi connectivity index (χ0v) is 6.33. The molecular weight excluding hydrogens is 150 g/mol. The van der Waals surface area contributed by atoms with Gasteiger partial charge in [0, 0.05) is 0 Å². The summed E-state index contributed by atoms with van der Waals surface area (Å²) in [4.78, 5) is 21.1. The van der Waals surface area contributed by atoms with Crippen LogP contribution in [0.2, 0.25) is 0 Å². The summed E-state index contributed by atoms with van der Waals surface area (Å²) >= 11 is 0. The second kappa shape index (κ2) is 5.33. The van der Waals surface area contributed by atoms with E-state index in [2.05, 4.69) is 15.1 Å². The van der Waals surface area contributed by atoms with Crippen LogP contribution in [0.1, 0.15) is 6.92 Å². The molecule has 0 saturated heterocycles. The molecule has 0 atom stereocenters. The molecule has 1 N–H and O–H groups in total. The van der Waals surface area contributed by atoms with Crippen molar-refractivity contribution in [2.24, 2.45) is 10.3 Å². The van der Waals surface area contributed by atoms with Crippen LogP contribution >= 0.6 is 0 Å². The molecule has 0 fully saturated rings. The van der Waals surface area contributed by atoms with Gasteiger partial charge in [-0.2, -0.15) is 5.11 Å². The average Bonchev–Trinajstić information content (AvgIpc) is 2.00. The van der Waals surface area contributed by atoms with Gasteiger partial charge >= 0.3 is 11.9 Å². The lowest BCUT2D eigenvalue weighted by Crippen LogP contribution is -2.28. The predicted octanol–water partition coefficient (Wildman–Crippen LogP) is -0.337. The first kappa shape index (κ1) is 9.54. The zero-order valence-electron chi connectivity index (χ0n) is 6.33. The fourth-order valence-corrected chi connectivity index (χ4v) is 0.338. The standard InChI is InChI=1S/C5H9N3O3/c1-3-11-5(10)4(9)7-8-6-2/h3H2,1-2H3,(H,6,7,9). The van der Waals surface area contributed by atoms with Gasteiger partial charge in [-0.05, 0) is 6.92 Å². The van der Waals surface area contributed by atoms with Crippen LogP contribution in [-0.4, -0.2) is 25.5 Å². The molecule has 0 aromatic heterocycles. The number of esters is 1. The molecule has 0 aliphatic heterocycles. The van der Waals surface area contributed by atoms with Gasteiger partial charge in [-0.25, -0.2) is 10.2 Å². The first-order valence-corrected chi connectivity index (χ1v) is 2.98. The molecule has 0 radical (unpaired) electrons. The average molecular weight is 159 g/mol. The van der Waals surface area contributed by atoms with Gasteiger partial charge in [0.2, 0.25) is 0 Å². The highest BCUT2D eigenvalue weighted by Gasteiger charge is 2.12. The SMILES string of the molecule is CCOC(=O)C(=O)NN=NC. The number of rotatable bonds is 2. The van der Waals surface area contributed by atoms with E-state index >= 15 is 0 Å². The lowest BCUT2D eigenvalue weighted by atomic mass is 10.6. The van der Waals surface area contributed by atoms with Gasteiger partial charge < -0.3 is 4.74 Å². The maximum absolute atomic E-state index is 10.6. The Hall–Kier alpha value is -1.46. The van der Waals surface area contributed by atoms with Crippen LogP contribution in [-0.2, 0) is 14.3 Å². The van der Waals surface area contributed by atoms with Crippen LogP contribution < -0.4 is 5.43 Å². The van der Waals surface area contributed by atoms with Crippen molar-refractivity contribution < 1.29 is 14.3 Å². The van der Waals surface area contributed by atoms with Crippen molar-refractivity contribution in [3.63, 3.8) is 0 Å². The van der Waals surface area contributed by atoms with Crippen LogP contribution in [0.15, 0.2) is 10.3 Å². The molecule has 0 aliphatic carbocycles. The number of amides is 1. The van der Waals surface area contributed by atoms with Gasteiger partial charge in [0.15, 0.2) is 0 Å². The zero-order chi connectivity index (χ0) is 8.69. The van der Waals surface area contributed by atoms with Crippen molar-refractivity contribution in [2.75, 3.05) is 13.7 Å². The van der Waals surface area contributed by atoms with Crippen LogP contribution in [0.4, 0.5) is 0 Å². The molecule has 0 aliphatic rings. The Balaban J connectivity index is 3.74. The molecule has 0 rings (SSSR count). The summed E-state index contributed by atoms with van der Waals surface area (Å²) in [7, 11) is 1.37. The van der Waals surface area contributed by atoms with E-state index in [4.69, 9.17) is 0 Å². The molecule has 0 saturated carbocycles. The Morgan fingerprint density at radius 2 is 2.18 bits per heavy atom. The Morgan fingerprint density at radius 1 is 1.55 bits per heavy atom. The number of carbonyl (C=O) groups is 2. The third-order valence-electron chi connectivity index (χ3n) is 0.712. The van der Waals surface area contributed by atoms with E-state index in [-0.39, 0.29) is 6.61 Å². The molecule has 0 aromatic rings. The van der Waals surface area contributed by atoms with Gasteiger partial charge in [0.05, 0.1) is 13.7 Å². The minimum Gasteiger partial charge on any atom is -0.459 e. The molecule has 11 heavy (non-hydrogen) atoms. The molecular formula is C5H9N3O3. The van der Waals surface area contributed by atoms with Crippen LogP contribution in [0.5, 0.6) is 0 Å². The second-order valence-corrected chi connectivity index (χ2v) is 1.46. The first-order chi connectivity index (χ1) is 5.22. The fraction of sp³-hybridized carbons (Fsp3) is 0.600. The molecule has 0 bridgehead atoms. The smallest absolute Gasteiger partial charge is 0.398 e. The van der Waals surface area contributed by atoms with Gasteiger partial charge in [0.25, 0.3) is 0 Å². The lowest BCUT2D eigenvalue weighted by Gasteiger charge is -1.96. The fourth-order valence-electron chi connectivity index (χ4n) is 0.338. The Morgan fingerprint density at radius 3 is 2.64 bits per heavy atom. The lowest BCUT2D eigenvalue weighted by molar-refractivity contribution is -0.154. The Kier molecular flexibility index (Phi) is 4.63. The molecule has 0 spiro atoms. The third-order valence-corrected chi connectivity index (χ3v) is 0.712. The molecule has 0 heterocycles. The van der Waals surface area contributed by atoms with Crippen LogP contribution in [0.3, 0.4) is 0 Å². The summed E-state index contributed by atoms with van der Waals surface area (Å²) in [6.07, 6.45) is 0. The summed E-state index contributed by atoms with van der Waals surface area (Å²) in [5.74, 6) is -1.88. The maximum Gasteiger partial charge on any atom is 0.398 e. The Labute approximate surface area is 63.6 Å². The van der Waals surface area contributed by atoms with Crippen molar-refractivity contribution in [1.29, 1.82) is 0 Å². The number of nitrogens with one attached hydrogen (secondary N) is 1. The van der Waals surface area contributed by atoms with Crippen molar-refractivity contribution in [3.8, 4) is 0 Å². The molecule has 6 heteroatoms. The van der Waals surface area contributed by atoms with E-state index in [0.717, 1.165) is 0 Å². The second-order valence-electron chi connectivity index (χ2n) is 1.46. The number of ether oxygens (including phenoxy) is 1. The van der Waals surface area contributed by atoms with Crippen molar-refractivity contribution in [2.45, 2.75) is 6.92 Å². The number of hydrogen-bond acceptors (Lipinski definition) is 5. The monoisotopic (exact) mass is 159 g/mol. The topological polar surface area (TPSA) is 80.1 Å².